The number of nitrogens with zero attached hydrogens (tertiary/aromatic N) is 1. The van der Waals surface area contributed by atoms with Gasteiger partial charge in [-0.05, 0) is 54.8 Å². The second-order valence-electron chi connectivity index (χ2n) is 7.52. The van der Waals surface area contributed by atoms with Gasteiger partial charge in [-0.25, -0.2) is 0 Å². The minimum Gasteiger partial charge on any atom is -0.491 e. The quantitative estimate of drug-likeness (QED) is 0.454. The fourth-order valence-electron chi connectivity index (χ4n) is 3.44. The summed E-state index contributed by atoms with van der Waals surface area (Å²) < 4.78 is 11.4. The van der Waals surface area contributed by atoms with Crippen molar-refractivity contribution in [3.8, 4) is 11.8 Å². The molecule has 1 amide bonds. The molecular formula is C26H24N2O3S. The van der Waals surface area contributed by atoms with Gasteiger partial charge in [0.05, 0.1) is 23.3 Å². The molecule has 162 valence electrons. The van der Waals surface area contributed by atoms with E-state index in [2.05, 4.69) is 11.4 Å². The molecule has 0 bridgehead atoms. The van der Waals surface area contributed by atoms with Crippen molar-refractivity contribution < 1.29 is 14.3 Å². The topological polar surface area (TPSA) is 71.4 Å². The number of amides is 1. The Kier molecular flexibility index (Phi) is 7.44. The number of nitriles is 1. The molecule has 32 heavy (non-hydrogen) atoms. The van der Waals surface area contributed by atoms with Gasteiger partial charge in [-0.1, -0.05) is 30.3 Å². The summed E-state index contributed by atoms with van der Waals surface area (Å²) in [5, 5.41) is 11.9. The van der Waals surface area contributed by atoms with E-state index in [1.54, 1.807) is 11.8 Å². The third-order valence-electron chi connectivity index (χ3n) is 5.16. The van der Waals surface area contributed by atoms with E-state index in [1.165, 1.54) is 0 Å². The molecular weight excluding hydrogens is 420 g/mol. The maximum atomic E-state index is 13.0. The number of carbonyl (C=O) groups is 1. The summed E-state index contributed by atoms with van der Waals surface area (Å²) in [6.07, 6.45) is 2.24. The lowest BCUT2D eigenvalue weighted by Crippen LogP contribution is -2.16. The second-order valence-corrected chi connectivity index (χ2v) is 8.54. The average molecular weight is 445 g/mol. The number of hydrogen-bond acceptors (Lipinski definition) is 5. The fraction of sp³-hybridized carbons (Fsp3) is 0.231. The SMILES string of the molecule is N#Cc1ccc(CSc2ccccc2C(=O)Nc2cccc(OCC3CCCO3)c2)cc1. The molecule has 1 fully saturated rings. The molecule has 3 aromatic rings. The number of benzene rings is 3. The third kappa shape index (κ3) is 5.91. The Morgan fingerprint density at radius 1 is 1.12 bits per heavy atom. The zero-order valence-electron chi connectivity index (χ0n) is 17.6. The zero-order chi connectivity index (χ0) is 22.2. The number of nitrogens with one attached hydrogen (secondary N) is 1. The van der Waals surface area contributed by atoms with E-state index in [9.17, 15) is 4.79 Å². The molecule has 1 atom stereocenters. The number of rotatable bonds is 8. The minimum atomic E-state index is -0.163. The van der Waals surface area contributed by atoms with Crippen molar-refractivity contribution in [3.63, 3.8) is 0 Å². The Morgan fingerprint density at radius 3 is 2.75 bits per heavy atom. The lowest BCUT2D eigenvalue weighted by Gasteiger charge is -2.13. The van der Waals surface area contributed by atoms with Gasteiger partial charge in [0.2, 0.25) is 0 Å². The summed E-state index contributed by atoms with van der Waals surface area (Å²) in [5.74, 6) is 1.26. The normalized spacial score (nSPS) is 15.2. The van der Waals surface area contributed by atoms with Crippen LogP contribution in [0.3, 0.4) is 0 Å². The van der Waals surface area contributed by atoms with Gasteiger partial charge in [0.25, 0.3) is 5.91 Å². The van der Waals surface area contributed by atoms with Gasteiger partial charge in [-0.2, -0.15) is 5.26 Å². The standard InChI is InChI=1S/C26H24N2O3S/c27-16-19-10-12-20(13-11-19)18-32-25-9-2-1-8-24(25)26(29)28-21-5-3-6-22(15-21)31-17-23-7-4-14-30-23/h1-3,5-6,8-13,15,23H,4,7,14,17-18H2,(H,28,29). The Bertz CT molecular complexity index is 1100. The molecule has 0 spiro atoms. The summed E-state index contributed by atoms with van der Waals surface area (Å²) in [6.45, 7) is 1.32. The fourth-order valence-corrected chi connectivity index (χ4v) is 4.45. The van der Waals surface area contributed by atoms with Crippen LogP contribution in [0.5, 0.6) is 5.75 Å². The van der Waals surface area contributed by atoms with Crippen LogP contribution in [-0.2, 0) is 10.5 Å². The van der Waals surface area contributed by atoms with Crippen LogP contribution in [-0.4, -0.2) is 25.2 Å². The van der Waals surface area contributed by atoms with Gasteiger partial charge in [0, 0.05) is 29.0 Å². The number of carbonyl (C=O) groups excluding carboxylic acids is 1. The molecule has 1 aliphatic rings. The summed E-state index contributed by atoms with van der Waals surface area (Å²) in [7, 11) is 0. The molecule has 0 radical (unpaired) electrons. The Labute approximate surface area is 192 Å². The Hall–Kier alpha value is -3.27. The first-order chi connectivity index (χ1) is 15.7. The van der Waals surface area contributed by atoms with E-state index in [-0.39, 0.29) is 12.0 Å². The maximum Gasteiger partial charge on any atom is 0.256 e. The van der Waals surface area contributed by atoms with E-state index in [1.807, 2.05) is 72.8 Å². The van der Waals surface area contributed by atoms with E-state index in [4.69, 9.17) is 14.7 Å². The predicted molar refractivity (Wildman–Crippen MR) is 126 cm³/mol. The van der Waals surface area contributed by atoms with Crippen molar-refractivity contribution in [2.75, 3.05) is 18.5 Å². The molecule has 4 rings (SSSR count). The van der Waals surface area contributed by atoms with Crippen LogP contribution in [0.25, 0.3) is 0 Å². The van der Waals surface area contributed by atoms with Gasteiger partial charge in [-0.15, -0.1) is 11.8 Å². The first-order valence-electron chi connectivity index (χ1n) is 10.6. The van der Waals surface area contributed by atoms with Gasteiger partial charge in [0.15, 0.2) is 0 Å². The molecule has 0 saturated carbocycles. The lowest BCUT2D eigenvalue weighted by molar-refractivity contribution is 0.0680. The van der Waals surface area contributed by atoms with E-state index in [0.29, 0.717) is 34.9 Å². The molecule has 1 unspecified atom stereocenters. The maximum absolute atomic E-state index is 13.0. The molecule has 1 N–H and O–H groups in total. The second kappa shape index (κ2) is 10.9. The lowest BCUT2D eigenvalue weighted by atomic mass is 10.2. The Balaban J connectivity index is 1.39. The van der Waals surface area contributed by atoms with Crippen LogP contribution in [0.15, 0.2) is 77.7 Å². The summed E-state index contributed by atoms with van der Waals surface area (Å²) >= 11 is 1.60. The van der Waals surface area contributed by atoms with Crippen LogP contribution in [0.4, 0.5) is 5.69 Å². The highest BCUT2D eigenvalue weighted by molar-refractivity contribution is 7.98. The van der Waals surface area contributed by atoms with Crippen LogP contribution < -0.4 is 10.1 Å². The summed E-state index contributed by atoms with van der Waals surface area (Å²) in [4.78, 5) is 13.9. The molecule has 0 aliphatic carbocycles. The molecule has 5 nitrogen and oxygen atoms in total. The first kappa shape index (κ1) is 21.9. The zero-order valence-corrected chi connectivity index (χ0v) is 18.4. The number of ether oxygens (including phenoxy) is 2. The average Bonchev–Trinajstić information content (AvgIpc) is 3.36. The van der Waals surface area contributed by atoms with Crippen LogP contribution >= 0.6 is 11.8 Å². The predicted octanol–water partition coefficient (Wildman–Crippen LogP) is 5.66. The number of anilines is 1. The van der Waals surface area contributed by atoms with Crippen molar-refractivity contribution >= 4 is 23.4 Å². The van der Waals surface area contributed by atoms with Crippen molar-refractivity contribution in [2.24, 2.45) is 0 Å². The molecule has 3 aromatic carbocycles. The summed E-state index contributed by atoms with van der Waals surface area (Å²) in [6, 6.07) is 24.6. The third-order valence-corrected chi connectivity index (χ3v) is 6.31. The minimum absolute atomic E-state index is 0.147. The van der Waals surface area contributed by atoms with Crippen molar-refractivity contribution in [1.29, 1.82) is 5.26 Å². The van der Waals surface area contributed by atoms with Crippen LogP contribution in [0.1, 0.15) is 34.3 Å². The van der Waals surface area contributed by atoms with Crippen LogP contribution in [0.2, 0.25) is 0 Å². The Morgan fingerprint density at radius 2 is 1.97 bits per heavy atom. The molecule has 1 saturated heterocycles. The smallest absolute Gasteiger partial charge is 0.256 e. The molecule has 0 aromatic heterocycles. The van der Waals surface area contributed by atoms with E-state index >= 15 is 0 Å². The highest BCUT2D eigenvalue weighted by atomic mass is 32.2. The molecule has 1 heterocycles. The first-order valence-corrected chi connectivity index (χ1v) is 11.6. The highest BCUT2D eigenvalue weighted by Crippen LogP contribution is 2.28. The van der Waals surface area contributed by atoms with Gasteiger partial charge in [0.1, 0.15) is 12.4 Å². The van der Waals surface area contributed by atoms with Crippen molar-refractivity contribution in [2.45, 2.75) is 29.6 Å². The molecule has 1 aliphatic heterocycles. The van der Waals surface area contributed by atoms with E-state index in [0.717, 1.165) is 29.9 Å². The van der Waals surface area contributed by atoms with Gasteiger partial charge < -0.3 is 14.8 Å². The number of thioether (sulfide) groups is 1. The molecule has 6 heteroatoms. The van der Waals surface area contributed by atoms with Crippen molar-refractivity contribution in [3.05, 3.63) is 89.5 Å². The largest absolute Gasteiger partial charge is 0.491 e. The van der Waals surface area contributed by atoms with Crippen molar-refractivity contribution in [1.82, 2.24) is 0 Å². The van der Waals surface area contributed by atoms with Gasteiger partial charge >= 0.3 is 0 Å². The van der Waals surface area contributed by atoms with E-state index < -0.39 is 0 Å². The monoisotopic (exact) mass is 444 g/mol. The van der Waals surface area contributed by atoms with Crippen LogP contribution in [0, 0.1) is 11.3 Å². The van der Waals surface area contributed by atoms with Gasteiger partial charge in [-0.3, -0.25) is 4.79 Å². The highest BCUT2D eigenvalue weighted by Gasteiger charge is 2.16. The summed E-state index contributed by atoms with van der Waals surface area (Å²) in [5.41, 5.74) is 3.05. The number of hydrogen-bond donors (Lipinski definition) is 1.